The molecule has 0 aromatic heterocycles. The van der Waals surface area contributed by atoms with Gasteiger partial charge in [0, 0.05) is 11.1 Å². The molecule has 0 aliphatic rings. The molecule has 0 heterocycles. The zero-order valence-electron chi connectivity index (χ0n) is 15.9. The van der Waals surface area contributed by atoms with Crippen LogP contribution in [0, 0.1) is 0 Å². The summed E-state index contributed by atoms with van der Waals surface area (Å²) < 4.78 is 44.2. The van der Waals surface area contributed by atoms with Crippen LogP contribution in [0.3, 0.4) is 0 Å². The average molecular weight is 466 g/mol. The Balaban J connectivity index is 1.58. The number of rotatable bonds is 6. The number of carbonyl (C=O) groups excluding carboxylic acids is 1. The minimum Gasteiger partial charge on any atom is -0.489 e. The van der Waals surface area contributed by atoms with Crippen LogP contribution in [0.15, 0.2) is 72.8 Å². The normalized spacial score (nSPS) is 11.5. The molecule has 160 valence electrons. The molecule has 1 N–H and O–H groups in total. The molecule has 3 aromatic rings. The van der Waals surface area contributed by atoms with Gasteiger partial charge in [0.25, 0.3) is 0 Å². The number of hydrogen-bond acceptors (Lipinski definition) is 2. The first kappa shape index (κ1) is 22.7. The van der Waals surface area contributed by atoms with Crippen molar-refractivity contribution in [2.75, 3.05) is 5.32 Å². The SMILES string of the molecule is O=C(/C=C/c1ccc(OCc2ccc(Cl)cc2)cc1)Nc1cc(C(F)(F)F)ccc1Cl. The van der Waals surface area contributed by atoms with Gasteiger partial charge in [-0.15, -0.1) is 0 Å². The standard InChI is InChI=1S/C23H16Cl2F3NO2/c24-18-7-1-16(2-8-18)14-31-19-9-3-15(4-10-19)5-12-22(30)29-21-13-17(23(26,27)28)6-11-20(21)25/h1-13H,14H2,(H,29,30)/b12-5+. The van der Waals surface area contributed by atoms with Gasteiger partial charge in [0.05, 0.1) is 16.3 Å². The van der Waals surface area contributed by atoms with Gasteiger partial charge < -0.3 is 10.1 Å². The average Bonchev–Trinajstić information content (AvgIpc) is 2.73. The predicted octanol–water partition coefficient (Wildman–Crippen LogP) is 7.24. The highest BCUT2D eigenvalue weighted by Crippen LogP contribution is 2.33. The first-order valence-corrected chi connectivity index (χ1v) is 9.79. The fourth-order valence-electron chi connectivity index (χ4n) is 2.57. The maximum atomic E-state index is 12.8. The number of amides is 1. The smallest absolute Gasteiger partial charge is 0.416 e. The van der Waals surface area contributed by atoms with Gasteiger partial charge in [0.2, 0.25) is 5.91 Å². The molecule has 0 unspecified atom stereocenters. The van der Waals surface area contributed by atoms with Crippen LogP contribution in [-0.4, -0.2) is 5.91 Å². The molecule has 3 nitrogen and oxygen atoms in total. The molecule has 0 bridgehead atoms. The molecule has 0 aliphatic carbocycles. The number of hydrogen-bond donors (Lipinski definition) is 1. The summed E-state index contributed by atoms with van der Waals surface area (Å²) in [5.74, 6) is 0.0385. The fraction of sp³-hybridized carbons (Fsp3) is 0.0870. The van der Waals surface area contributed by atoms with Crippen LogP contribution in [0.5, 0.6) is 5.75 Å². The Kier molecular flexibility index (Phi) is 7.25. The van der Waals surface area contributed by atoms with Crippen LogP contribution < -0.4 is 10.1 Å². The number of alkyl halides is 3. The van der Waals surface area contributed by atoms with Crippen molar-refractivity contribution in [2.24, 2.45) is 0 Å². The fourth-order valence-corrected chi connectivity index (χ4v) is 2.86. The molecule has 31 heavy (non-hydrogen) atoms. The third kappa shape index (κ3) is 6.77. The van der Waals surface area contributed by atoms with Gasteiger partial charge in [0.15, 0.2) is 0 Å². The van der Waals surface area contributed by atoms with Crippen LogP contribution in [0.1, 0.15) is 16.7 Å². The lowest BCUT2D eigenvalue weighted by Crippen LogP contribution is -2.11. The summed E-state index contributed by atoms with van der Waals surface area (Å²) in [5.41, 5.74) is 0.671. The van der Waals surface area contributed by atoms with Crippen molar-refractivity contribution in [1.82, 2.24) is 0 Å². The van der Waals surface area contributed by atoms with Crippen molar-refractivity contribution in [3.63, 3.8) is 0 Å². The van der Waals surface area contributed by atoms with E-state index in [1.54, 1.807) is 36.4 Å². The van der Waals surface area contributed by atoms with Crippen molar-refractivity contribution >= 4 is 40.9 Å². The monoisotopic (exact) mass is 465 g/mol. The summed E-state index contributed by atoms with van der Waals surface area (Å²) in [7, 11) is 0. The summed E-state index contributed by atoms with van der Waals surface area (Å²) in [6.45, 7) is 0.381. The van der Waals surface area contributed by atoms with E-state index in [-0.39, 0.29) is 10.7 Å². The topological polar surface area (TPSA) is 38.3 Å². The Labute approximate surface area is 187 Å². The van der Waals surface area contributed by atoms with Crippen molar-refractivity contribution in [3.8, 4) is 5.75 Å². The van der Waals surface area contributed by atoms with Gasteiger partial charge in [-0.25, -0.2) is 0 Å². The van der Waals surface area contributed by atoms with Crippen LogP contribution in [0.2, 0.25) is 10.0 Å². The van der Waals surface area contributed by atoms with Gasteiger partial charge in [0.1, 0.15) is 12.4 Å². The second-order valence-electron chi connectivity index (χ2n) is 6.50. The van der Waals surface area contributed by atoms with Gasteiger partial charge in [-0.3, -0.25) is 4.79 Å². The third-order valence-electron chi connectivity index (χ3n) is 4.18. The van der Waals surface area contributed by atoms with Crippen molar-refractivity contribution in [2.45, 2.75) is 12.8 Å². The number of ether oxygens (including phenoxy) is 1. The van der Waals surface area contributed by atoms with E-state index in [2.05, 4.69) is 5.32 Å². The number of nitrogens with one attached hydrogen (secondary N) is 1. The van der Waals surface area contributed by atoms with Crippen LogP contribution >= 0.6 is 23.2 Å². The minimum absolute atomic E-state index is 0.0111. The lowest BCUT2D eigenvalue weighted by atomic mass is 10.2. The molecule has 8 heteroatoms. The van der Waals surface area contributed by atoms with Crippen LogP contribution in [0.4, 0.5) is 18.9 Å². The Morgan fingerprint density at radius 2 is 1.65 bits per heavy atom. The Morgan fingerprint density at radius 3 is 2.29 bits per heavy atom. The zero-order chi connectivity index (χ0) is 22.4. The predicted molar refractivity (Wildman–Crippen MR) is 116 cm³/mol. The molecule has 0 fully saturated rings. The molecule has 1 amide bonds. The molecule has 0 spiro atoms. The van der Waals surface area contributed by atoms with Crippen molar-refractivity contribution < 1.29 is 22.7 Å². The Morgan fingerprint density at radius 1 is 0.968 bits per heavy atom. The van der Waals surface area contributed by atoms with Crippen LogP contribution in [0.25, 0.3) is 6.08 Å². The molecule has 0 aliphatic heterocycles. The summed E-state index contributed by atoms with van der Waals surface area (Å²) in [5, 5.41) is 3.02. The molecular formula is C23H16Cl2F3NO2. The van der Waals surface area contributed by atoms with E-state index in [0.717, 1.165) is 23.8 Å². The van der Waals surface area contributed by atoms with Gasteiger partial charge >= 0.3 is 6.18 Å². The largest absolute Gasteiger partial charge is 0.489 e. The quantitative estimate of drug-likeness (QED) is 0.389. The van der Waals surface area contributed by atoms with E-state index in [0.29, 0.717) is 22.9 Å². The molecule has 0 radical (unpaired) electrons. The summed E-state index contributed by atoms with van der Waals surface area (Å²) >= 11 is 11.7. The number of halogens is 5. The summed E-state index contributed by atoms with van der Waals surface area (Å²) in [4.78, 5) is 12.1. The lowest BCUT2D eigenvalue weighted by Gasteiger charge is -2.10. The molecule has 0 saturated heterocycles. The molecule has 3 rings (SSSR count). The number of carbonyl (C=O) groups is 1. The highest BCUT2D eigenvalue weighted by molar-refractivity contribution is 6.33. The van der Waals surface area contributed by atoms with Gasteiger partial charge in [-0.05, 0) is 59.7 Å². The van der Waals surface area contributed by atoms with E-state index in [9.17, 15) is 18.0 Å². The van der Waals surface area contributed by atoms with E-state index in [4.69, 9.17) is 27.9 Å². The van der Waals surface area contributed by atoms with Crippen molar-refractivity contribution in [1.29, 1.82) is 0 Å². The van der Waals surface area contributed by atoms with Gasteiger partial charge in [-0.2, -0.15) is 13.2 Å². The maximum Gasteiger partial charge on any atom is 0.416 e. The number of benzene rings is 3. The molecule has 0 atom stereocenters. The zero-order valence-corrected chi connectivity index (χ0v) is 17.4. The number of anilines is 1. The van der Waals surface area contributed by atoms with E-state index < -0.39 is 17.6 Å². The summed E-state index contributed by atoms with van der Waals surface area (Å²) in [6.07, 6.45) is -1.79. The van der Waals surface area contributed by atoms with Crippen LogP contribution in [-0.2, 0) is 17.6 Å². The maximum absolute atomic E-state index is 12.8. The first-order chi connectivity index (χ1) is 14.7. The van der Waals surface area contributed by atoms with Gasteiger partial charge in [-0.1, -0.05) is 47.5 Å². The van der Waals surface area contributed by atoms with E-state index in [1.165, 1.54) is 12.2 Å². The second kappa shape index (κ2) is 9.90. The highest BCUT2D eigenvalue weighted by atomic mass is 35.5. The molecule has 3 aromatic carbocycles. The third-order valence-corrected chi connectivity index (χ3v) is 4.76. The van der Waals surface area contributed by atoms with E-state index >= 15 is 0 Å². The first-order valence-electron chi connectivity index (χ1n) is 9.04. The molecule has 0 saturated carbocycles. The lowest BCUT2D eigenvalue weighted by molar-refractivity contribution is -0.137. The molecular weight excluding hydrogens is 450 g/mol. The van der Waals surface area contributed by atoms with E-state index in [1.807, 2.05) is 12.1 Å². The highest BCUT2D eigenvalue weighted by Gasteiger charge is 2.31. The second-order valence-corrected chi connectivity index (χ2v) is 7.34. The summed E-state index contributed by atoms with van der Waals surface area (Å²) in [6, 6.07) is 17.0. The minimum atomic E-state index is -4.53. The Bertz CT molecular complexity index is 1080. The van der Waals surface area contributed by atoms with Crippen molar-refractivity contribution in [3.05, 3.63) is 99.5 Å². The Hall–Kier alpha value is -2.96.